The molecular formula is C20H22N2O4. The number of amides is 2. The number of benzene rings is 2. The number of carbonyl (C=O) groups excluding carboxylic acids is 2. The molecule has 2 atom stereocenters. The lowest BCUT2D eigenvalue weighted by atomic mass is 10.2. The van der Waals surface area contributed by atoms with E-state index in [1.165, 1.54) is 7.11 Å². The Morgan fingerprint density at radius 1 is 0.923 bits per heavy atom. The van der Waals surface area contributed by atoms with Crippen LogP contribution in [0.1, 0.15) is 12.0 Å². The highest BCUT2D eigenvalue weighted by atomic mass is 16.5. The van der Waals surface area contributed by atoms with Crippen LogP contribution in [0.25, 0.3) is 0 Å². The summed E-state index contributed by atoms with van der Waals surface area (Å²) in [5, 5.41) is 5.73. The van der Waals surface area contributed by atoms with E-state index in [1.807, 2.05) is 31.2 Å². The van der Waals surface area contributed by atoms with Crippen molar-refractivity contribution >= 4 is 23.2 Å². The van der Waals surface area contributed by atoms with Crippen molar-refractivity contribution in [3.63, 3.8) is 0 Å². The third-order valence-electron chi connectivity index (χ3n) is 4.53. The molecule has 2 aromatic rings. The third kappa shape index (κ3) is 3.79. The van der Waals surface area contributed by atoms with Gasteiger partial charge < -0.3 is 20.1 Å². The van der Waals surface area contributed by atoms with Crippen molar-refractivity contribution in [3.05, 3.63) is 48.0 Å². The Morgan fingerprint density at radius 3 is 2.19 bits per heavy atom. The van der Waals surface area contributed by atoms with Crippen molar-refractivity contribution in [2.24, 2.45) is 11.8 Å². The molecule has 136 valence electrons. The highest BCUT2D eigenvalue weighted by Gasteiger charge is 2.48. The lowest BCUT2D eigenvalue weighted by Gasteiger charge is -2.12. The molecule has 2 N–H and O–H groups in total. The molecule has 0 heterocycles. The molecule has 1 aliphatic carbocycles. The van der Waals surface area contributed by atoms with E-state index in [0.717, 1.165) is 11.3 Å². The maximum absolute atomic E-state index is 12.5. The number of anilines is 2. The zero-order valence-corrected chi connectivity index (χ0v) is 15.0. The van der Waals surface area contributed by atoms with E-state index < -0.39 is 0 Å². The van der Waals surface area contributed by atoms with Crippen LogP contribution in [0.3, 0.4) is 0 Å². The number of rotatable bonds is 6. The van der Waals surface area contributed by atoms with Crippen LogP contribution >= 0.6 is 0 Å². The zero-order chi connectivity index (χ0) is 18.7. The fourth-order valence-corrected chi connectivity index (χ4v) is 2.84. The van der Waals surface area contributed by atoms with Gasteiger partial charge in [0.25, 0.3) is 0 Å². The first-order valence-electron chi connectivity index (χ1n) is 8.43. The summed E-state index contributed by atoms with van der Waals surface area (Å²) < 4.78 is 10.4. The molecule has 1 aliphatic rings. The van der Waals surface area contributed by atoms with Crippen molar-refractivity contribution in [1.29, 1.82) is 0 Å². The van der Waals surface area contributed by atoms with Crippen LogP contribution in [0.5, 0.6) is 11.5 Å². The zero-order valence-electron chi connectivity index (χ0n) is 15.0. The van der Waals surface area contributed by atoms with Gasteiger partial charge in [0.2, 0.25) is 11.8 Å². The smallest absolute Gasteiger partial charge is 0.228 e. The van der Waals surface area contributed by atoms with Crippen LogP contribution in [0, 0.1) is 18.8 Å². The number of hydrogen-bond donors (Lipinski definition) is 2. The monoisotopic (exact) mass is 354 g/mol. The summed E-state index contributed by atoms with van der Waals surface area (Å²) in [5.41, 5.74) is 2.33. The highest BCUT2D eigenvalue weighted by molar-refractivity contribution is 6.03. The van der Waals surface area contributed by atoms with Crippen LogP contribution in [0.4, 0.5) is 11.4 Å². The predicted octanol–water partition coefficient (Wildman–Crippen LogP) is 3.23. The van der Waals surface area contributed by atoms with E-state index in [4.69, 9.17) is 9.47 Å². The minimum absolute atomic E-state index is 0.124. The minimum atomic E-state index is -0.328. The fraction of sp³-hybridized carbons (Fsp3) is 0.300. The van der Waals surface area contributed by atoms with E-state index in [1.54, 1.807) is 25.3 Å². The Balaban J connectivity index is 1.61. The van der Waals surface area contributed by atoms with Crippen molar-refractivity contribution in [1.82, 2.24) is 0 Å². The lowest BCUT2D eigenvalue weighted by Crippen LogP contribution is -2.21. The molecule has 0 saturated heterocycles. The van der Waals surface area contributed by atoms with E-state index in [0.29, 0.717) is 23.6 Å². The van der Waals surface area contributed by atoms with Crippen LogP contribution in [0.2, 0.25) is 0 Å². The van der Waals surface area contributed by atoms with E-state index in [9.17, 15) is 9.59 Å². The van der Waals surface area contributed by atoms with Gasteiger partial charge in [-0.1, -0.05) is 18.2 Å². The lowest BCUT2D eigenvalue weighted by molar-refractivity contribution is -0.122. The summed E-state index contributed by atoms with van der Waals surface area (Å²) in [5.74, 6) is 0.213. The molecule has 0 aromatic heterocycles. The second-order valence-electron chi connectivity index (χ2n) is 6.31. The summed E-state index contributed by atoms with van der Waals surface area (Å²) >= 11 is 0. The number of methoxy groups -OCH3 is 2. The summed E-state index contributed by atoms with van der Waals surface area (Å²) in [6, 6.07) is 12.7. The molecule has 6 heteroatoms. The SMILES string of the molecule is COc1ccc(NC(=O)C2CC2C(=O)Nc2ccccc2C)c(OC)c1. The van der Waals surface area contributed by atoms with Gasteiger partial charge in [-0.25, -0.2) is 0 Å². The van der Waals surface area contributed by atoms with Crippen LogP contribution in [-0.2, 0) is 9.59 Å². The van der Waals surface area contributed by atoms with E-state index >= 15 is 0 Å². The summed E-state index contributed by atoms with van der Waals surface area (Å²) in [7, 11) is 3.09. The predicted molar refractivity (Wildman–Crippen MR) is 99.6 cm³/mol. The van der Waals surface area contributed by atoms with Gasteiger partial charge in [0.05, 0.1) is 31.7 Å². The molecule has 0 radical (unpaired) electrons. The first-order chi connectivity index (χ1) is 12.5. The molecule has 26 heavy (non-hydrogen) atoms. The number of para-hydroxylation sites is 1. The number of hydrogen-bond acceptors (Lipinski definition) is 4. The van der Waals surface area contributed by atoms with Gasteiger partial charge in [-0.05, 0) is 37.1 Å². The van der Waals surface area contributed by atoms with Gasteiger partial charge in [0.15, 0.2) is 0 Å². The topological polar surface area (TPSA) is 76.7 Å². The molecule has 2 amide bonds. The first kappa shape index (κ1) is 17.8. The standard InChI is InChI=1S/C20H22N2O4/c1-12-6-4-5-7-16(12)21-19(23)14-11-15(14)20(24)22-17-9-8-13(25-2)10-18(17)26-3/h4-10,14-15H,11H2,1-3H3,(H,21,23)(H,22,24). The molecule has 2 aromatic carbocycles. The third-order valence-corrected chi connectivity index (χ3v) is 4.53. The van der Waals surface area contributed by atoms with Crippen molar-refractivity contribution in [2.75, 3.05) is 24.9 Å². The maximum atomic E-state index is 12.5. The molecule has 1 fully saturated rings. The van der Waals surface area contributed by atoms with Gasteiger partial charge >= 0.3 is 0 Å². The van der Waals surface area contributed by atoms with Gasteiger partial charge in [0, 0.05) is 11.8 Å². The van der Waals surface area contributed by atoms with Gasteiger partial charge in [0.1, 0.15) is 11.5 Å². The Hall–Kier alpha value is -3.02. The summed E-state index contributed by atoms with van der Waals surface area (Å²) in [4.78, 5) is 24.8. The number of nitrogens with one attached hydrogen (secondary N) is 2. The molecule has 0 aliphatic heterocycles. The Bertz CT molecular complexity index is 834. The van der Waals surface area contributed by atoms with E-state index in [-0.39, 0.29) is 23.7 Å². The summed E-state index contributed by atoms with van der Waals surface area (Å²) in [6.45, 7) is 1.93. The molecule has 0 spiro atoms. The van der Waals surface area contributed by atoms with Gasteiger partial charge in [-0.3, -0.25) is 9.59 Å². The fourth-order valence-electron chi connectivity index (χ4n) is 2.84. The summed E-state index contributed by atoms with van der Waals surface area (Å²) in [6.07, 6.45) is 0.544. The van der Waals surface area contributed by atoms with Gasteiger partial charge in [-0.15, -0.1) is 0 Å². The second-order valence-corrected chi connectivity index (χ2v) is 6.31. The first-order valence-corrected chi connectivity index (χ1v) is 8.43. The average Bonchev–Trinajstić information content (AvgIpc) is 3.45. The normalized spacial score (nSPS) is 18.0. The number of carbonyl (C=O) groups is 2. The van der Waals surface area contributed by atoms with Crippen LogP contribution < -0.4 is 20.1 Å². The average molecular weight is 354 g/mol. The molecule has 6 nitrogen and oxygen atoms in total. The molecule has 2 unspecified atom stereocenters. The molecule has 0 bridgehead atoms. The maximum Gasteiger partial charge on any atom is 0.228 e. The molecule has 1 saturated carbocycles. The van der Waals surface area contributed by atoms with Crippen LogP contribution in [-0.4, -0.2) is 26.0 Å². The Kier molecular flexibility index (Phi) is 5.11. The molecular weight excluding hydrogens is 332 g/mol. The van der Waals surface area contributed by atoms with Crippen LogP contribution in [0.15, 0.2) is 42.5 Å². The number of ether oxygens (including phenoxy) is 2. The molecule has 3 rings (SSSR count). The van der Waals surface area contributed by atoms with Crippen molar-refractivity contribution in [2.45, 2.75) is 13.3 Å². The van der Waals surface area contributed by atoms with Crippen molar-refractivity contribution in [3.8, 4) is 11.5 Å². The quantitative estimate of drug-likeness (QED) is 0.835. The van der Waals surface area contributed by atoms with Crippen molar-refractivity contribution < 1.29 is 19.1 Å². The van der Waals surface area contributed by atoms with Gasteiger partial charge in [-0.2, -0.15) is 0 Å². The Labute approximate surface area is 152 Å². The highest BCUT2D eigenvalue weighted by Crippen LogP contribution is 2.41. The Morgan fingerprint density at radius 2 is 1.58 bits per heavy atom. The minimum Gasteiger partial charge on any atom is -0.497 e. The number of aryl methyl sites for hydroxylation is 1. The van der Waals surface area contributed by atoms with E-state index in [2.05, 4.69) is 10.6 Å². The second kappa shape index (κ2) is 7.47. The largest absolute Gasteiger partial charge is 0.497 e.